The summed E-state index contributed by atoms with van der Waals surface area (Å²) in [6, 6.07) is 13.8. The molecule has 1 N–H and O–H groups in total. The number of nitrogens with zero attached hydrogens (tertiary/aromatic N) is 2. The van der Waals surface area contributed by atoms with Gasteiger partial charge in [-0.3, -0.25) is 4.79 Å². The van der Waals surface area contributed by atoms with Crippen molar-refractivity contribution in [3.8, 4) is 11.5 Å². The standard InChI is InChI=1S/C20H21N3O2S/c1-13-7-9-16(10-8-13)20-22-18(23-25-20)11-26-12-19(24)21-17-6-4-5-14(2)15(17)3/h4-10H,11-12H2,1-3H3,(H,21,24). The molecule has 0 bridgehead atoms. The summed E-state index contributed by atoms with van der Waals surface area (Å²) >= 11 is 1.46. The van der Waals surface area contributed by atoms with Crippen molar-refractivity contribution in [1.82, 2.24) is 10.1 Å². The van der Waals surface area contributed by atoms with Crippen LogP contribution in [0, 0.1) is 20.8 Å². The molecular formula is C20H21N3O2S. The molecule has 5 nitrogen and oxygen atoms in total. The summed E-state index contributed by atoms with van der Waals surface area (Å²) in [6.07, 6.45) is 0. The van der Waals surface area contributed by atoms with Crippen molar-refractivity contribution >= 4 is 23.4 Å². The quantitative estimate of drug-likeness (QED) is 0.693. The molecule has 0 spiro atoms. The van der Waals surface area contributed by atoms with Gasteiger partial charge in [0, 0.05) is 11.3 Å². The molecule has 0 aliphatic rings. The van der Waals surface area contributed by atoms with Gasteiger partial charge in [0.15, 0.2) is 5.82 Å². The van der Waals surface area contributed by atoms with E-state index in [0.29, 0.717) is 23.2 Å². The first kappa shape index (κ1) is 18.2. The fraction of sp³-hybridized carbons (Fsp3) is 0.250. The largest absolute Gasteiger partial charge is 0.334 e. The second kappa shape index (κ2) is 8.19. The third-order valence-electron chi connectivity index (χ3n) is 4.11. The second-order valence-corrected chi connectivity index (χ2v) is 7.16. The van der Waals surface area contributed by atoms with Crippen LogP contribution in [0.4, 0.5) is 5.69 Å². The SMILES string of the molecule is Cc1ccc(-c2nc(CSCC(=O)Nc3cccc(C)c3C)no2)cc1. The van der Waals surface area contributed by atoms with Gasteiger partial charge in [0.25, 0.3) is 5.89 Å². The highest BCUT2D eigenvalue weighted by atomic mass is 32.2. The van der Waals surface area contributed by atoms with Crippen molar-refractivity contribution in [3.05, 3.63) is 65.0 Å². The van der Waals surface area contributed by atoms with Crippen LogP contribution in [0.25, 0.3) is 11.5 Å². The van der Waals surface area contributed by atoms with Crippen molar-refractivity contribution in [2.45, 2.75) is 26.5 Å². The molecule has 0 unspecified atom stereocenters. The lowest BCUT2D eigenvalue weighted by Crippen LogP contribution is -2.15. The smallest absolute Gasteiger partial charge is 0.257 e. The van der Waals surface area contributed by atoms with Gasteiger partial charge in [0.1, 0.15) is 0 Å². The topological polar surface area (TPSA) is 68.0 Å². The van der Waals surface area contributed by atoms with Gasteiger partial charge >= 0.3 is 0 Å². The van der Waals surface area contributed by atoms with Crippen LogP contribution in [0.5, 0.6) is 0 Å². The van der Waals surface area contributed by atoms with Crippen LogP contribution in [0.1, 0.15) is 22.5 Å². The molecule has 0 aliphatic heterocycles. The Labute approximate surface area is 157 Å². The van der Waals surface area contributed by atoms with Crippen LogP contribution < -0.4 is 5.32 Å². The molecule has 6 heteroatoms. The predicted octanol–water partition coefficient (Wildman–Crippen LogP) is 4.53. The molecule has 0 fully saturated rings. The number of thioether (sulfide) groups is 1. The third kappa shape index (κ3) is 4.52. The molecule has 0 radical (unpaired) electrons. The van der Waals surface area contributed by atoms with Crippen LogP contribution in [0.2, 0.25) is 0 Å². The molecule has 1 aromatic heterocycles. The first-order valence-corrected chi connectivity index (χ1v) is 9.52. The average Bonchev–Trinajstić information content (AvgIpc) is 3.08. The number of hydrogen-bond acceptors (Lipinski definition) is 5. The molecule has 2 aromatic carbocycles. The van der Waals surface area contributed by atoms with Gasteiger partial charge in [-0.05, 0) is 50.1 Å². The molecule has 0 aliphatic carbocycles. The average molecular weight is 367 g/mol. The molecular weight excluding hydrogens is 346 g/mol. The number of nitrogens with one attached hydrogen (secondary N) is 1. The van der Waals surface area contributed by atoms with E-state index < -0.39 is 0 Å². The number of aryl methyl sites for hydroxylation is 2. The molecule has 26 heavy (non-hydrogen) atoms. The van der Waals surface area contributed by atoms with Crippen molar-refractivity contribution in [2.75, 3.05) is 11.1 Å². The molecule has 0 saturated heterocycles. The lowest BCUT2D eigenvalue weighted by molar-refractivity contribution is -0.113. The van der Waals surface area contributed by atoms with E-state index >= 15 is 0 Å². The number of carbonyl (C=O) groups excluding carboxylic acids is 1. The summed E-state index contributed by atoms with van der Waals surface area (Å²) in [5.74, 6) is 1.91. The van der Waals surface area contributed by atoms with Gasteiger partial charge in [-0.1, -0.05) is 35.0 Å². The summed E-state index contributed by atoms with van der Waals surface area (Å²) < 4.78 is 5.30. The summed E-state index contributed by atoms with van der Waals surface area (Å²) in [6.45, 7) is 6.06. The predicted molar refractivity (Wildman–Crippen MR) is 105 cm³/mol. The maximum atomic E-state index is 12.1. The monoisotopic (exact) mass is 367 g/mol. The van der Waals surface area contributed by atoms with E-state index in [2.05, 4.69) is 15.5 Å². The highest BCUT2D eigenvalue weighted by Crippen LogP contribution is 2.20. The molecule has 0 saturated carbocycles. The number of rotatable bonds is 6. The molecule has 0 atom stereocenters. The zero-order valence-electron chi connectivity index (χ0n) is 15.1. The van der Waals surface area contributed by atoms with Crippen LogP contribution in [-0.2, 0) is 10.5 Å². The lowest BCUT2D eigenvalue weighted by atomic mass is 10.1. The molecule has 1 amide bonds. The van der Waals surface area contributed by atoms with Crippen LogP contribution in [-0.4, -0.2) is 21.8 Å². The van der Waals surface area contributed by atoms with Crippen LogP contribution in [0.3, 0.4) is 0 Å². The number of carbonyl (C=O) groups is 1. The summed E-state index contributed by atoms with van der Waals surface area (Å²) in [5, 5.41) is 6.93. The van der Waals surface area contributed by atoms with E-state index in [9.17, 15) is 4.79 Å². The van der Waals surface area contributed by atoms with E-state index in [1.54, 1.807) is 0 Å². The van der Waals surface area contributed by atoms with Crippen molar-refractivity contribution in [3.63, 3.8) is 0 Å². The molecule has 3 rings (SSSR count). The van der Waals surface area contributed by atoms with Crippen LogP contribution >= 0.6 is 11.8 Å². The van der Waals surface area contributed by atoms with E-state index in [-0.39, 0.29) is 5.91 Å². The minimum atomic E-state index is -0.0362. The maximum Gasteiger partial charge on any atom is 0.257 e. The van der Waals surface area contributed by atoms with Gasteiger partial charge in [-0.2, -0.15) is 4.98 Å². The number of hydrogen-bond donors (Lipinski definition) is 1. The highest BCUT2D eigenvalue weighted by molar-refractivity contribution is 7.99. The highest BCUT2D eigenvalue weighted by Gasteiger charge is 2.10. The van der Waals surface area contributed by atoms with Gasteiger partial charge in [-0.15, -0.1) is 11.8 Å². The number of aromatic nitrogens is 2. The number of anilines is 1. The number of benzene rings is 2. The zero-order valence-corrected chi connectivity index (χ0v) is 15.9. The number of amides is 1. The Balaban J connectivity index is 1.51. The Morgan fingerprint density at radius 3 is 2.65 bits per heavy atom. The fourth-order valence-corrected chi connectivity index (χ4v) is 3.09. The van der Waals surface area contributed by atoms with Gasteiger partial charge in [0.2, 0.25) is 5.91 Å². The zero-order chi connectivity index (χ0) is 18.5. The normalized spacial score (nSPS) is 10.7. The third-order valence-corrected chi connectivity index (χ3v) is 5.04. The Hall–Kier alpha value is -2.60. The molecule has 3 aromatic rings. The first-order valence-electron chi connectivity index (χ1n) is 8.36. The Morgan fingerprint density at radius 1 is 1.12 bits per heavy atom. The van der Waals surface area contributed by atoms with Crippen LogP contribution in [0.15, 0.2) is 47.0 Å². The second-order valence-electron chi connectivity index (χ2n) is 6.17. The Bertz CT molecular complexity index is 904. The van der Waals surface area contributed by atoms with E-state index in [4.69, 9.17) is 4.52 Å². The Kier molecular flexibility index (Phi) is 5.73. The van der Waals surface area contributed by atoms with E-state index in [0.717, 1.165) is 22.4 Å². The maximum absolute atomic E-state index is 12.1. The van der Waals surface area contributed by atoms with Gasteiger partial charge in [-0.25, -0.2) is 0 Å². The first-order chi connectivity index (χ1) is 12.5. The van der Waals surface area contributed by atoms with E-state index in [1.165, 1.54) is 17.3 Å². The van der Waals surface area contributed by atoms with Crippen molar-refractivity contribution in [1.29, 1.82) is 0 Å². The Morgan fingerprint density at radius 2 is 1.88 bits per heavy atom. The minimum Gasteiger partial charge on any atom is -0.334 e. The van der Waals surface area contributed by atoms with E-state index in [1.807, 2.05) is 63.2 Å². The molecule has 134 valence electrons. The lowest BCUT2D eigenvalue weighted by Gasteiger charge is -2.09. The van der Waals surface area contributed by atoms with Crippen molar-refractivity contribution < 1.29 is 9.32 Å². The summed E-state index contributed by atoms with van der Waals surface area (Å²) in [7, 11) is 0. The minimum absolute atomic E-state index is 0.0362. The van der Waals surface area contributed by atoms with Gasteiger partial charge < -0.3 is 9.84 Å². The van der Waals surface area contributed by atoms with Crippen molar-refractivity contribution in [2.24, 2.45) is 0 Å². The fourth-order valence-electron chi connectivity index (χ4n) is 2.43. The molecule has 1 heterocycles. The summed E-state index contributed by atoms with van der Waals surface area (Å²) in [4.78, 5) is 16.5. The van der Waals surface area contributed by atoms with Gasteiger partial charge in [0.05, 0.1) is 11.5 Å². The summed E-state index contributed by atoms with van der Waals surface area (Å²) in [5.41, 5.74) is 5.18.